The highest BCUT2D eigenvalue weighted by Gasteiger charge is 2.25. The maximum absolute atomic E-state index is 12.7. The van der Waals surface area contributed by atoms with Gasteiger partial charge in [0.25, 0.3) is 5.91 Å². The van der Waals surface area contributed by atoms with Crippen molar-refractivity contribution in [2.24, 2.45) is 0 Å². The number of rotatable bonds is 6. The average Bonchev–Trinajstić information content (AvgIpc) is 3.29. The molecule has 2 amide bonds. The number of nitrogens with one attached hydrogen (secondary N) is 3. The zero-order chi connectivity index (χ0) is 16.8. The second-order valence-electron chi connectivity index (χ2n) is 5.89. The molecular formula is C18H21N3O2S. The summed E-state index contributed by atoms with van der Waals surface area (Å²) in [6.07, 6.45) is 1.40. The van der Waals surface area contributed by atoms with E-state index in [9.17, 15) is 9.59 Å². The van der Waals surface area contributed by atoms with E-state index in [2.05, 4.69) is 16.0 Å². The predicted molar refractivity (Wildman–Crippen MR) is 95.1 cm³/mol. The summed E-state index contributed by atoms with van der Waals surface area (Å²) in [7, 11) is 0. The number of amides is 2. The van der Waals surface area contributed by atoms with Gasteiger partial charge >= 0.3 is 0 Å². The van der Waals surface area contributed by atoms with E-state index in [-0.39, 0.29) is 17.9 Å². The van der Waals surface area contributed by atoms with E-state index >= 15 is 0 Å². The molecule has 0 radical (unpaired) electrons. The van der Waals surface area contributed by atoms with Gasteiger partial charge in [-0.2, -0.15) is 0 Å². The topological polar surface area (TPSA) is 70.2 Å². The van der Waals surface area contributed by atoms with E-state index in [1.54, 1.807) is 6.07 Å². The van der Waals surface area contributed by atoms with Crippen molar-refractivity contribution < 1.29 is 9.59 Å². The zero-order valence-corrected chi connectivity index (χ0v) is 14.1. The van der Waals surface area contributed by atoms with Crippen LogP contribution in [-0.4, -0.2) is 37.0 Å². The SMILES string of the molecule is O=C(NC(Cc1ccccc1)C(=O)NC1CCNC1)c1cccs1. The molecule has 0 aliphatic carbocycles. The highest BCUT2D eigenvalue weighted by Crippen LogP contribution is 2.10. The summed E-state index contributed by atoms with van der Waals surface area (Å²) in [5.41, 5.74) is 1.02. The Bertz CT molecular complexity index is 667. The second-order valence-corrected chi connectivity index (χ2v) is 6.84. The quantitative estimate of drug-likeness (QED) is 0.746. The van der Waals surface area contributed by atoms with Gasteiger partial charge in [-0.3, -0.25) is 9.59 Å². The first-order valence-corrected chi connectivity index (χ1v) is 9.00. The summed E-state index contributed by atoms with van der Waals surface area (Å²) in [4.78, 5) is 25.6. The number of benzene rings is 1. The monoisotopic (exact) mass is 343 g/mol. The number of thiophene rings is 1. The van der Waals surface area contributed by atoms with Crippen LogP contribution in [-0.2, 0) is 11.2 Å². The van der Waals surface area contributed by atoms with Crippen LogP contribution < -0.4 is 16.0 Å². The van der Waals surface area contributed by atoms with Gasteiger partial charge in [0.2, 0.25) is 5.91 Å². The Balaban J connectivity index is 1.69. The number of carbonyl (C=O) groups excluding carboxylic acids is 2. The molecule has 2 unspecified atom stereocenters. The van der Waals surface area contributed by atoms with E-state index in [0.29, 0.717) is 11.3 Å². The van der Waals surface area contributed by atoms with Crippen LogP contribution in [0, 0.1) is 0 Å². The molecule has 1 fully saturated rings. The number of hydrogen-bond acceptors (Lipinski definition) is 4. The number of hydrogen-bond donors (Lipinski definition) is 3. The molecule has 1 aliphatic rings. The highest BCUT2D eigenvalue weighted by atomic mass is 32.1. The normalized spacial score (nSPS) is 18.1. The molecule has 1 aromatic carbocycles. The Labute approximate surface area is 145 Å². The van der Waals surface area contributed by atoms with Gasteiger partial charge in [-0.05, 0) is 30.0 Å². The lowest BCUT2D eigenvalue weighted by atomic mass is 10.0. The third-order valence-corrected chi connectivity index (χ3v) is 4.92. The van der Waals surface area contributed by atoms with Crippen molar-refractivity contribution in [3.8, 4) is 0 Å². The molecule has 0 spiro atoms. The fourth-order valence-corrected chi connectivity index (χ4v) is 3.40. The van der Waals surface area contributed by atoms with E-state index in [1.807, 2.05) is 41.8 Å². The molecule has 2 atom stereocenters. The van der Waals surface area contributed by atoms with Crippen molar-refractivity contribution in [3.05, 3.63) is 58.3 Å². The zero-order valence-electron chi connectivity index (χ0n) is 13.3. The summed E-state index contributed by atoms with van der Waals surface area (Å²) in [6, 6.07) is 12.9. The third kappa shape index (κ3) is 4.43. The first-order valence-electron chi connectivity index (χ1n) is 8.12. The smallest absolute Gasteiger partial charge is 0.262 e. The lowest BCUT2D eigenvalue weighted by molar-refractivity contribution is -0.123. The Kier molecular flexibility index (Phi) is 5.61. The maximum atomic E-state index is 12.7. The fourth-order valence-electron chi connectivity index (χ4n) is 2.78. The molecule has 1 saturated heterocycles. The third-order valence-electron chi connectivity index (χ3n) is 4.06. The first kappa shape index (κ1) is 16.7. The molecule has 0 bridgehead atoms. The highest BCUT2D eigenvalue weighted by molar-refractivity contribution is 7.12. The Morgan fingerprint density at radius 3 is 2.71 bits per heavy atom. The van der Waals surface area contributed by atoms with Crippen molar-refractivity contribution in [2.75, 3.05) is 13.1 Å². The van der Waals surface area contributed by atoms with Gasteiger partial charge in [-0.1, -0.05) is 36.4 Å². The lowest BCUT2D eigenvalue weighted by Gasteiger charge is -2.20. The van der Waals surface area contributed by atoms with Gasteiger partial charge in [0, 0.05) is 19.0 Å². The van der Waals surface area contributed by atoms with Gasteiger partial charge in [0.15, 0.2) is 0 Å². The van der Waals surface area contributed by atoms with Crippen LogP contribution in [0.15, 0.2) is 47.8 Å². The van der Waals surface area contributed by atoms with Crippen LogP contribution in [0.4, 0.5) is 0 Å². The Hall–Kier alpha value is -2.18. The van der Waals surface area contributed by atoms with Crippen molar-refractivity contribution >= 4 is 23.2 Å². The summed E-state index contributed by atoms with van der Waals surface area (Å²) in [6.45, 7) is 1.69. The van der Waals surface area contributed by atoms with Crippen LogP contribution in [0.2, 0.25) is 0 Å². The largest absolute Gasteiger partial charge is 0.350 e. The maximum Gasteiger partial charge on any atom is 0.262 e. The molecule has 1 aromatic heterocycles. The van der Waals surface area contributed by atoms with E-state index < -0.39 is 6.04 Å². The van der Waals surface area contributed by atoms with Crippen molar-refractivity contribution in [1.82, 2.24) is 16.0 Å². The molecule has 2 aromatic rings. The number of carbonyl (C=O) groups is 2. The van der Waals surface area contributed by atoms with Crippen molar-refractivity contribution in [2.45, 2.75) is 24.9 Å². The van der Waals surface area contributed by atoms with Crippen molar-refractivity contribution in [1.29, 1.82) is 0 Å². The fraction of sp³-hybridized carbons (Fsp3) is 0.333. The Morgan fingerprint density at radius 1 is 1.21 bits per heavy atom. The van der Waals surface area contributed by atoms with E-state index in [0.717, 1.165) is 25.1 Å². The average molecular weight is 343 g/mol. The molecule has 0 saturated carbocycles. The van der Waals surface area contributed by atoms with Crippen LogP contribution in [0.5, 0.6) is 0 Å². The van der Waals surface area contributed by atoms with Gasteiger partial charge in [-0.25, -0.2) is 0 Å². The lowest BCUT2D eigenvalue weighted by Crippen LogP contribution is -2.51. The molecule has 24 heavy (non-hydrogen) atoms. The summed E-state index contributed by atoms with van der Waals surface area (Å²) < 4.78 is 0. The van der Waals surface area contributed by atoms with Crippen LogP contribution in [0.25, 0.3) is 0 Å². The molecule has 5 nitrogen and oxygen atoms in total. The van der Waals surface area contributed by atoms with Crippen LogP contribution in [0.1, 0.15) is 21.7 Å². The summed E-state index contributed by atoms with van der Waals surface area (Å²) in [5, 5.41) is 11.0. The standard InChI is InChI=1S/C18H21N3O2S/c22-17(20-14-8-9-19-12-14)15(11-13-5-2-1-3-6-13)21-18(23)16-7-4-10-24-16/h1-7,10,14-15,19H,8-9,11-12H2,(H,20,22)(H,21,23). The van der Waals surface area contributed by atoms with E-state index in [4.69, 9.17) is 0 Å². The summed E-state index contributed by atoms with van der Waals surface area (Å²) in [5.74, 6) is -0.330. The molecular weight excluding hydrogens is 322 g/mol. The first-order chi connectivity index (χ1) is 11.7. The van der Waals surface area contributed by atoms with Gasteiger partial charge in [0.05, 0.1) is 4.88 Å². The summed E-state index contributed by atoms with van der Waals surface area (Å²) >= 11 is 1.37. The minimum atomic E-state index is -0.581. The van der Waals surface area contributed by atoms with Gasteiger partial charge < -0.3 is 16.0 Å². The minimum Gasteiger partial charge on any atom is -0.350 e. The van der Waals surface area contributed by atoms with Crippen molar-refractivity contribution in [3.63, 3.8) is 0 Å². The Morgan fingerprint density at radius 2 is 2.04 bits per heavy atom. The molecule has 6 heteroatoms. The minimum absolute atomic E-state index is 0.127. The second kappa shape index (κ2) is 8.08. The van der Waals surface area contributed by atoms with Gasteiger partial charge in [-0.15, -0.1) is 11.3 Å². The van der Waals surface area contributed by atoms with E-state index in [1.165, 1.54) is 11.3 Å². The molecule has 3 rings (SSSR count). The predicted octanol–water partition coefficient (Wildman–Crippen LogP) is 1.57. The molecule has 126 valence electrons. The van der Waals surface area contributed by atoms with Crippen LogP contribution >= 0.6 is 11.3 Å². The van der Waals surface area contributed by atoms with Gasteiger partial charge in [0.1, 0.15) is 6.04 Å². The molecule has 3 N–H and O–H groups in total. The van der Waals surface area contributed by atoms with Crippen LogP contribution in [0.3, 0.4) is 0 Å². The molecule has 2 heterocycles. The molecule has 1 aliphatic heterocycles.